The fourth-order valence-electron chi connectivity index (χ4n) is 2.96. The molecule has 0 atom stereocenters. The number of piperidine rings is 1. The Morgan fingerprint density at radius 2 is 1.91 bits per heavy atom. The number of rotatable bonds is 3. The van der Waals surface area contributed by atoms with E-state index in [0.29, 0.717) is 11.7 Å². The summed E-state index contributed by atoms with van der Waals surface area (Å²) in [5, 5.41) is 7.80. The van der Waals surface area contributed by atoms with Crippen molar-refractivity contribution in [3.8, 4) is 5.69 Å². The fraction of sp³-hybridized carbons (Fsp3) is 0.412. The number of amides is 1. The predicted octanol–water partition coefficient (Wildman–Crippen LogP) is 2.77. The van der Waals surface area contributed by atoms with Crippen LogP contribution in [0.25, 0.3) is 5.69 Å². The van der Waals surface area contributed by atoms with Gasteiger partial charge in [-0.05, 0) is 57.1 Å². The first-order valence-electron chi connectivity index (χ1n) is 7.87. The molecule has 122 valence electrons. The van der Waals surface area contributed by atoms with E-state index in [1.807, 2.05) is 53.9 Å². The number of carbonyl (C=O) groups excluding carboxylic acids is 1. The van der Waals surface area contributed by atoms with Gasteiger partial charge >= 0.3 is 0 Å². The lowest BCUT2D eigenvalue weighted by molar-refractivity contribution is 0.0701. The molecule has 1 fully saturated rings. The number of benzene rings is 1. The molecule has 2 heterocycles. The van der Waals surface area contributed by atoms with Crippen LogP contribution in [0.15, 0.2) is 34.8 Å². The molecule has 1 aliphatic heterocycles. The van der Waals surface area contributed by atoms with E-state index in [1.54, 1.807) is 0 Å². The normalized spacial score (nSPS) is 15.9. The molecule has 0 saturated carbocycles. The summed E-state index contributed by atoms with van der Waals surface area (Å²) in [6, 6.07) is 10.3. The van der Waals surface area contributed by atoms with Crippen LogP contribution in [0.4, 0.5) is 0 Å². The number of aromatic nitrogens is 2. The average molecular weight is 377 g/mol. The minimum atomic E-state index is 0.0264. The van der Waals surface area contributed by atoms with E-state index in [0.717, 1.165) is 41.8 Å². The molecular formula is C17H21BrN4O. The van der Waals surface area contributed by atoms with Gasteiger partial charge in [-0.1, -0.05) is 15.9 Å². The lowest BCUT2D eigenvalue weighted by Crippen LogP contribution is -2.44. The molecule has 1 aromatic heterocycles. The number of nitrogens with zero attached hydrogens (tertiary/aromatic N) is 3. The Morgan fingerprint density at radius 1 is 1.26 bits per heavy atom. The molecule has 6 heteroatoms. The van der Waals surface area contributed by atoms with Crippen molar-refractivity contribution < 1.29 is 4.79 Å². The van der Waals surface area contributed by atoms with E-state index in [2.05, 4.69) is 26.3 Å². The zero-order valence-electron chi connectivity index (χ0n) is 13.4. The number of halogens is 1. The van der Waals surface area contributed by atoms with Crippen LogP contribution in [-0.2, 0) is 0 Å². The number of aryl methyl sites for hydroxylation is 1. The molecule has 1 amide bonds. The summed E-state index contributed by atoms with van der Waals surface area (Å²) in [7, 11) is 1.98. The summed E-state index contributed by atoms with van der Waals surface area (Å²) < 4.78 is 2.84. The lowest BCUT2D eigenvalue weighted by atomic mass is 10.1. The van der Waals surface area contributed by atoms with Gasteiger partial charge in [0.15, 0.2) is 5.69 Å². The molecule has 1 aromatic carbocycles. The van der Waals surface area contributed by atoms with Gasteiger partial charge in [-0.2, -0.15) is 5.10 Å². The SMILES string of the molecule is CNC1CCN(C(=O)c2cc(C)n(-c3ccc(Br)cc3)n2)CC1. The van der Waals surface area contributed by atoms with Crippen LogP contribution in [0.5, 0.6) is 0 Å². The molecule has 0 radical (unpaired) electrons. The second-order valence-electron chi connectivity index (χ2n) is 5.91. The van der Waals surface area contributed by atoms with Crippen LogP contribution in [0.2, 0.25) is 0 Å². The summed E-state index contributed by atoms with van der Waals surface area (Å²) in [5.41, 5.74) is 2.44. The fourth-order valence-corrected chi connectivity index (χ4v) is 3.22. The molecule has 3 rings (SSSR count). The highest BCUT2D eigenvalue weighted by molar-refractivity contribution is 9.10. The zero-order chi connectivity index (χ0) is 16.4. The Kier molecular flexibility index (Phi) is 4.82. The summed E-state index contributed by atoms with van der Waals surface area (Å²) in [6.45, 7) is 3.54. The van der Waals surface area contributed by atoms with E-state index in [1.165, 1.54) is 0 Å². The van der Waals surface area contributed by atoms with Crippen molar-refractivity contribution in [3.63, 3.8) is 0 Å². The summed E-state index contributed by atoms with van der Waals surface area (Å²) in [5.74, 6) is 0.0264. The average Bonchev–Trinajstić information content (AvgIpc) is 2.97. The monoisotopic (exact) mass is 376 g/mol. The number of likely N-dealkylation sites (tertiary alicyclic amines) is 1. The standard InChI is InChI=1S/C17H21BrN4O/c1-12-11-16(17(23)21-9-7-14(19-2)8-10-21)20-22(12)15-5-3-13(18)4-6-15/h3-6,11,14,19H,7-10H2,1-2H3. The van der Waals surface area contributed by atoms with Gasteiger partial charge in [0.1, 0.15) is 0 Å². The number of hydrogen-bond donors (Lipinski definition) is 1. The third kappa shape index (κ3) is 3.48. The quantitative estimate of drug-likeness (QED) is 0.895. The van der Waals surface area contributed by atoms with E-state index in [-0.39, 0.29) is 5.91 Å². The topological polar surface area (TPSA) is 50.2 Å². The molecule has 0 unspecified atom stereocenters. The third-order valence-electron chi connectivity index (χ3n) is 4.37. The van der Waals surface area contributed by atoms with Crippen LogP contribution >= 0.6 is 15.9 Å². The molecule has 1 saturated heterocycles. The van der Waals surface area contributed by atoms with Gasteiger partial charge in [0.05, 0.1) is 5.69 Å². The van der Waals surface area contributed by atoms with Crippen molar-refractivity contribution in [2.75, 3.05) is 20.1 Å². The molecule has 0 bridgehead atoms. The van der Waals surface area contributed by atoms with Crippen LogP contribution in [0.1, 0.15) is 29.0 Å². The zero-order valence-corrected chi connectivity index (χ0v) is 15.0. The molecule has 1 aliphatic rings. The van der Waals surface area contributed by atoms with Gasteiger partial charge < -0.3 is 10.2 Å². The Bertz CT molecular complexity index is 687. The van der Waals surface area contributed by atoms with Crippen LogP contribution in [0.3, 0.4) is 0 Å². The smallest absolute Gasteiger partial charge is 0.274 e. The molecule has 0 spiro atoms. The third-order valence-corrected chi connectivity index (χ3v) is 4.90. The molecule has 2 aromatic rings. The van der Waals surface area contributed by atoms with Gasteiger partial charge in [0.25, 0.3) is 5.91 Å². The van der Waals surface area contributed by atoms with E-state index in [9.17, 15) is 4.79 Å². The van der Waals surface area contributed by atoms with Gasteiger partial charge in [-0.25, -0.2) is 4.68 Å². The predicted molar refractivity (Wildman–Crippen MR) is 94.0 cm³/mol. The maximum atomic E-state index is 12.7. The number of carbonyl (C=O) groups is 1. The highest BCUT2D eigenvalue weighted by atomic mass is 79.9. The number of nitrogens with one attached hydrogen (secondary N) is 1. The molecule has 0 aliphatic carbocycles. The van der Waals surface area contributed by atoms with Crippen molar-refractivity contribution in [2.45, 2.75) is 25.8 Å². The first-order chi connectivity index (χ1) is 11.1. The van der Waals surface area contributed by atoms with E-state index < -0.39 is 0 Å². The maximum absolute atomic E-state index is 12.7. The molecular weight excluding hydrogens is 356 g/mol. The van der Waals surface area contributed by atoms with E-state index >= 15 is 0 Å². The summed E-state index contributed by atoms with van der Waals surface area (Å²) in [6.07, 6.45) is 1.99. The van der Waals surface area contributed by atoms with Crippen molar-refractivity contribution >= 4 is 21.8 Å². The van der Waals surface area contributed by atoms with E-state index in [4.69, 9.17) is 0 Å². The number of hydrogen-bond acceptors (Lipinski definition) is 3. The van der Waals surface area contributed by atoms with Crippen molar-refractivity contribution in [1.29, 1.82) is 0 Å². The summed E-state index contributed by atoms with van der Waals surface area (Å²) in [4.78, 5) is 14.6. The largest absolute Gasteiger partial charge is 0.337 e. The minimum absolute atomic E-state index is 0.0264. The minimum Gasteiger partial charge on any atom is -0.337 e. The van der Waals surface area contributed by atoms with Crippen LogP contribution < -0.4 is 5.32 Å². The van der Waals surface area contributed by atoms with Gasteiger partial charge in [0.2, 0.25) is 0 Å². The highest BCUT2D eigenvalue weighted by Gasteiger charge is 2.24. The Morgan fingerprint density at radius 3 is 2.52 bits per heavy atom. The molecule has 23 heavy (non-hydrogen) atoms. The van der Waals surface area contributed by atoms with Crippen LogP contribution in [0, 0.1) is 6.92 Å². The van der Waals surface area contributed by atoms with Gasteiger partial charge in [-0.15, -0.1) is 0 Å². The highest BCUT2D eigenvalue weighted by Crippen LogP contribution is 2.18. The second-order valence-corrected chi connectivity index (χ2v) is 6.83. The van der Waals surface area contributed by atoms with Gasteiger partial charge in [0, 0.05) is 29.3 Å². The Labute approximate surface area is 144 Å². The van der Waals surface area contributed by atoms with Crippen molar-refractivity contribution in [2.24, 2.45) is 0 Å². The Balaban J connectivity index is 1.78. The van der Waals surface area contributed by atoms with Crippen molar-refractivity contribution in [1.82, 2.24) is 20.0 Å². The first kappa shape index (κ1) is 16.2. The van der Waals surface area contributed by atoms with Gasteiger partial charge in [-0.3, -0.25) is 4.79 Å². The van der Waals surface area contributed by atoms with Crippen LogP contribution in [-0.4, -0.2) is 46.8 Å². The second kappa shape index (κ2) is 6.84. The molecule has 1 N–H and O–H groups in total. The first-order valence-corrected chi connectivity index (χ1v) is 8.67. The summed E-state index contributed by atoms with van der Waals surface area (Å²) >= 11 is 3.43. The maximum Gasteiger partial charge on any atom is 0.274 e. The Hall–Kier alpha value is -1.66. The lowest BCUT2D eigenvalue weighted by Gasteiger charge is -2.31. The molecule has 5 nitrogen and oxygen atoms in total. The van der Waals surface area contributed by atoms with Crippen molar-refractivity contribution in [3.05, 3.63) is 46.2 Å².